The van der Waals surface area contributed by atoms with Gasteiger partial charge in [-0.05, 0) is 35.9 Å². The van der Waals surface area contributed by atoms with Gasteiger partial charge in [0.2, 0.25) is 0 Å². The highest BCUT2D eigenvalue weighted by atomic mass is 35.5. The Hall–Kier alpha value is -2.84. The SMILES string of the molecule is Cn1c(-c2ccccc2)c(C(=O)c2ccc(Cl)cc2)c2ccccc21. The minimum atomic E-state index is 0.00678. The number of carbonyl (C=O) groups is 1. The number of hydrogen-bond acceptors (Lipinski definition) is 1. The van der Waals surface area contributed by atoms with Crippen molar-refractivity contribution in [2.45, 2.75) is 0 Å². The molecule has 1 heterocycles. The Morgan fingerprint density at radius 3 is 2.20 bits per heavy atom. The number of rotatable bonds is 3. The molecule has 0 saturated carbocycles. The van der Waals surface area contributed by atoms with Crippen molar-refractivity contribution in [3.8, 4) is 11.3 Å². The number of aromatic nitrogens is 1. The van der Waals surface area contributed by atoms with Crippen LogP contribution in [0.3, 0.4) is 0 Å². The van der Waals surface area contributed by atoms with E-state index in [1.807, 2.05) is 61.6 Å². The van der Waals surface area contributed by atoms with Crippen LogP contribution in [0.5, 0.6) is 0 Å². The van der Waals surface area contributed by atoms with Crippen LogP contribution in [0.25, 0.3) is 22.2 Å². The second kappa shape index (κ2) is 6.23. The normalized spacial score (nSPS) is 11.0. The van der Waals surface area contributed by atoms with Crippen LogP contribution in [0.1, 0.15) is 15.9 Å². The van der Waals surface area contributed by atoms with Crippen LogP contribution >= 0.6 is 11.6 Å². The van der Waals surface area contributed by atoms with Crippen molar-refractivity contribution in [2.24, 2.45) is 7.05 Å². The van der Waals surface area contributed by atoms with Crippen LogP contribution in [0.2, 0.25) is 5.02 Å². The number of aryl methyl sites for hydroxylation is 1. The summed E-state index contributed by atoms with van der Waals surface area (Å²) in [5.74, 6) is 0.00678. The van der Waals surface area contributed by atoms with Crippen molar-refractivity contribution >= 4 is 28.3 Å². The quantitative estimate of drug-likeness (QED) is 0.434. The molecule has 4 rings (SSSR count). The Kier molecular flexibility index (Phi) is 3.90. The van der Waals surface area contributed by atoms with Crippen LogP contribution in [-0.2, 0) is 7.05 Å². The summed E-state index contributed by atoms with van der Waals surface area (Å²) in [7, 11) is 2.00. The highest BCUT2D eigenvalue weighted by Crippen LogP contribution is 2.34. The van der Waals surface area contributed by atoms with Gasteiger partial charge < -0.3 is 4.57 Å². The molecule has 0 N–H and O–H groups in total. The smallest absolute Gasteiger partial charge is 0.195 e. The number of halogens is 1. The fourth-order valence-corrected chi connectivity index (χ4v) is 3.43. The van der Waals surface area contributed by atoms with E-state index in [2.05, 4.69) is 4.57 Å². The standard InChI is InChI=1S/C22H16ClNO/c1-24-19-10-6-5-9-18(19)20(21(24)15-7-3-2-4-8-15)22(25)16-11-13-17(23)14-12-16/h2-14H,1H3. The van der Waals surface area contributed by atoms with Crippen molar-refractivity contribution in [2.75, 3.05) is 0 Å². The Morgan fingerprint density at radius 2 is 1.48 bits per heavy atom. The maximum Gasteiger partial charge on any atom is 0.195 e. The van der Waals surface area contributed by atoms with Gasteiger partial charge in [0, 0.05) is 28.5 Å². The van der Waals surface area contributed by atoms with Gasteiger partial charge in [0.05, 0.1) is 11.3 Å². The van der Waals surface area contributed by atoms with Crippen molar-refractivity contribution in [1.82, 2.24) is 4.57 Å². The average molecular weight is 346 g/mol. The van der Waals surface area contributed by atoms with E-state index >= 15 is 0 Å². The molecular formula is C22H16ClNO. The zero-order chi connectivity index (χ0) is 17.4. The molecule has 0 amide bonds. The van der Waals surface area contributed by atoms with Gasteiger partial charge in [-0.25, -0.2) is 0 Å². The third-order valence-electron chi connectivity index (χ3n) is 4.49. The Bertz CT molecular complexity index is 1060. The van der Waals surface area contributed by atoms with E-state index in [0.29, 0.717) is 10.6 Å². The maximum absolute atomic E-state index is 13.3. The molecule has 0 radical (unpaired) electrons. The monoisotopic (exact) mass is 345 g/mol. The molecule has 0 bridgehead atoms. The first-order valence-corrected chi connectivity index (χ1v) is 8.47. The first kappa shape index (κ1) is 15.7. The molecular weight excluding hydrogens is 330 g/mol. The number of nitrogens with zero attached hydrogens (tertiary/aromatic N) is 1. The average Bonchev–Trinajstić information content (AvgIpc) is 2.95. The first-order valence-electron chi connectivity index (χ1n) is 8.10. The lowest BCUT2D eigenvalue weighted by Gasteiger charge is -2.08. The molecule has 1 aromatic heterocycles. The lowest BCUT2D eigenvalue weighted by molar-refractivity contribution is 0.104. The number of carbonyl (C=O) groups excluding carboxylic acids is 1. The molecule has 0 fully saturated rings. The molecule has 3 heteroatoms. The fourth-order valence-electron chi connectivity index (χ4n) is 3.30. The van der Waals surface area contributed by atoms with Gasteiger partial charge in [-0.15, -0.1) is 0 Å². The van der Waals surface area contributed by atoms with Crippen LogP contribution < -0.4 is 0 Å². The molecule has 25 heavy (non-hydrogen) atoms. The van der Waals surface area contributed by atoms with E-state index in [1.54, 1.807) is 24.3 Å². The van der Waals surface area contributed by atoms with E-state index in [1.165, 1.54) is 0 Å². The number of hydrogen-bond donors (Lipinski definition) is 0. The molecule has 0 aliphatic carbocycles. The Morgan fingerprint density at radius 1 is 0.840 bits per heavy atom. The summed E-state index contributed by atoms with van der Waals surface area (Å²) in [5.41, 5.74) is 4.36. The lowest BCUT2D eigenvalue weighted by atomic mass is 9.97. The zero-order valence-electron chi connectivity index (χ0n) is 13.7. The van der Waals surface area contributed by atoms with Crippen molar-refractivity contribution < 1.29 is 4.79 Å². The van der Waals surface area contributed by atoms with Crippen LogP contribution in [0, 0.1) is 0 Å². The second-order valence-corrected chi connectivity index (χ2v) is 6.44. The van der Waals surface area contributed by atoms with Gasteiger partial charge in [0.15, 0.2) is 5.78 Å². The summed E-state index contributed by atoms with van der Waals surface area (Å²) in [6, 6.07) is 25.1. The van der Waals surface area contributed by atoms with E-state index in [-0.39, 0.29) is 5.78 Å². The molecule has 0 spiro atoms. The number of para-hydroxylation sites is 1. The number of benzene rings is 3. The molecule has 4 aromatic rings. The van der Waals surface area contributed by atoms with E-state index in [4.69, 9.17) is 11.6 Å². The lowest BCUT2D eigenvalue weighted by Crippen LogP contribution is -2.04. The number of fused-ring (bicyclic) bond motifs is 1. The van der Waals surface area contributed by atoms with Crippen molar-refractivity contribution in [3.05, 3.63) is 95.0 Å². The summed E-state index contributed by atoms with van der Waals surface area (Å²) in [6.07, 6.45) is 0. The molecule has 0 aliphatic rings. The Balaban J connectivity index is 2.02. The molecule has 122 valence electrons. The predicted octanol–water partition coefficient (Wildman–Crippen LogP) is 5.73. The maximum atomic E-state index is 13.3. The molecule has 0 unspecified atom stereocenters. The van der Waals surface area contributed by atoms with Gasteiger partial charge in [0.25, 0.3) is 0 Å². The first-order chi connectivity index (χ1) is 12.2. The van der Waals surface area contributed by atoms with E-state index in [9.17, 15) is 4.79 Å². The highest BCUT2D eigenvalue weighted by molar-refractivity contribution is 6.30. The predicted molar refractivity (Wildman–Crippen MR) is 103 cm³/mol. The van der Waals surface area contributed by atoms with Gasteiger partial charge in [-0.2, -0.15) is 0 Å². The summed E-state index contributed by atoms with van der Waals surface area (Å²) in [6.45, 7) is 0. The summed E-state index contributed by atoms with van der Waals surface area (Å²) in [5, 5.41) is 1.58. The molecule has 0 aliphatic heterocycles. The molecule has 3 aromatic carbocycles. The molecule has 2 nitrogen and oxygen atoms in total. The molecule has 0 atom stereocenters. The summed E-state index contributed by atoms with van der Waals surface area (Å²) >= 11 is 5.97. The van der Waals surface area contributed by atoms with Crippen molar-refractivity contribution in [1.29, 1.82) is 0 Å². The number of ketones is 1. The van der Waals surface area contributed by atoms with E-state index < -0.39 is 0 Å². The summed E-state index contributed by atoms with van der Waals surface area (Å²) < 4.78 is 2.09. The van der Waals surface area contributed by atoms with Crippen LogP contribution in [-0.4, -0.2) is 10.4 Å². The molecule has 0 saturated heterocycles. The second-order valence-electron chi connectivity index (χ2n) is 6.00. The van der Waals surface area contributed by atoms with E-state index in [0.717, 1.165) is 27.7 Å². The van der Waals surface area contributed by atoms with Gasteiger partial charge in [-0.3, -0.25) is 4.79 Å². The minimum absolute atomic E-state index is 0.00678. The minimum Gasteiger partial charge on any atom is -0.343 e. The largest absolute Gasteiger partial charge is 0.343 e. The third kappa shape index (κ3) is 2.65. The summed E-state index contributed by atoms with van der Waals surface area (Å²) in [4.78, 5) is 13.3. The van der Waals surface area contributed by atoms with Crippen molar-refractivity contribution in [3.63, 3.8) is 0 Å². The highest BCUT2D eigenvalue weighted by Gasteiger charge is 2.22. The third-order valence-corrected chi connectivity index (χ3v) is 4.74. The topological polar surface area (TPSA) is 22.0 Å². The van der Waals surface area contributed by atoms with Gasteiger partial charge in [0.1, 0.15) is 0 Å². The fraction of sp³-hybridized carbons (Fsp3) is 0.0455. The Labute approximate surface area is 151 Å². The van der Waals surface area contributed by atoms with Gasteiger partial charge >= 0.3 is 0 Å². The van der Waals surface area contributed by atoms with Crippen LogP contribution in [0.15, 0.2) is 78.9 Å². The zero-order valence-corrected chi connectivity index (χ0v) is 14.5. The van der Waals surface area contributed by atoms with Gasteiger partial charge in [-0.1, -0.05) is 60.1 Å². The van der Waals surface area contributed by atoms with Crippen LogP contribution in [0.4, 0.5) is 0 Å².